The molecule has 5 nitrogen and oxygen atoms in total. The summed E-state index contributed by atoms with van der Waals surface area (Å²) in [5, 5.41) is 2.93. The van der Waals surface area contributed by atoms with Crippen molar-refractivity contribution in [3.05, 3.63) is 65.2 Å². The van der Waals surface area contributed by atoms with Gasteiger partial charge in [-0.1, -0.05) is 36.4 Å². The molecule has 0 atom stereocenters. The predicted molar refractivity (Wildman–Crippen MR) is 122 cm³/mol. The van der Waals surface area contributed by atoms with Crippen molar-refractivity contribution in [3.8, 4) is 0 Å². The van der Waals surface area contributed by atoms with Crippen LogP contribution in [-0.2, 0) is 17.8 Å². The molecule has 2 aromatic rings. The van der Waals surface area contributed by atoms with E-state index in [1.807, 2.05) is 41.3 Å². The number of carbonyl (C=O) groups excluding carboxylic acids is 2. The molecular formula is C24H30ClN3O2. The summed E-state index contributed by atoms with van der Waals surface area (Å²) in [5.41, 5.74) is 4.14. The van der Waals surface area contributed by atoms with Gasteiger partial charge in [-0.3, -0.25) is 9.59 Å². The molecule has 0 bridgehead atoms. The van der Waals surface area contributed by atoms with E-state index in [-0.39, 0.29) is 24.2 Å². The minimum absolute atomic E-state index is 0. The third kappa shape index (κ3) is 5.21. The zero-order valence-electron chi connectivity index (χ0n) is 17.5. The van der Waals surface area contributed by atoms with Crippen molar-refractivity contribution in [2.75, 3.05) is 31.5 Å². The Morgan fingerprint density at radius 2 is 1.77 bits per heavy atom. The van der Waals surface area contributed by atoms with Crippen LogP contribution in [0.1, 0.15) is 41.3 Å². The van der Waals surface area contributed by atoms with Gasteiger partial charge in [0.1, 0.15) is 0 Å². The Hall–Kier alpha value is -2.37. The third-order valence-electron chi connectivity index (χ3n) is 6.11. The highest BCUT2D eigenvalue weighted by Gasteiger charge is 2.30. The van der Waals surface area contributed by atoms with Gasteiger partial charge in [0, 0.05) is 37.8 Å². The Labute approximate surface area is 184 Å². The SMILES string of the molecule is CC(=O)Nc1ccccc1CCN1CCC(CN2Cc3ccccc3C2=O)CC1.Cl. The lowest BCUT2D eigenvalue weighted by molar-refractivity contribution is -0.114. The average molecular weight is 428 g/mol. The Morgan fingerprint density at radius 1 is 1.07 bits per heavy atom. The zero-order valence-corrected chi connectivity index (χ0v) is 18.3. The van der Waals surface area contributed by atoms with Gasteiger partial charge in [-0.15, -0.1) is 12.4 Å². The number of amides is 2. The molecule has 1 N–H and O–H groups in total. The van der Waals surface area contributed by atoms with Crippen molar-refractivity contribution in [1.82, 2.24) is 9.80 Å². The van der Waals surface area contributed by atoms with E-state index in [1.165, 1.54) is 5.56 Å². The number of rotatable bonds is 6. The molecule has 0 aromatic heterocycles. The Morgan fingerprint density at radius 3 is 2.50 bits per heavy atom. The average Bonchev–Trinajstić information content (AvgIpc) is 3.04. The van der Waals surface area contributed by atoms with Crippen molar-refractivity contribution in [2.45, 2.75) is 32.7 Å². The largest absolute Gasteiger partial charge is 0.334 e. The van der Waals surface area contributed by atoms with E-state index >= 15 is 0 Å². The maximum Gasteiger partial charge on any atom is 0.254 e. The van der Waals surface area contributed by atoms with Crippen LogP contribution in [0.3, 0.4) is 0 Å². The first kappa shape index (κ1) is 22.3. The smallest absolute Gasteiger partial charge is 0.254 e. The van der Waals surface area contributed by atoms with Crippen molar-refractivity contribution in [3.63, 3.8) is 0 Å². The molecule has 2 aromatic carbocycles. The van der Waals surface area contributed by atoms with Gasteiger partial charge in [0.2, 0.25) is 5.91 Å². The van der Waals surface area contributed by atoms with E-state index in [4.69, 9.17) is 0 Å². The molecule has 0 aliphatic carbocycles. The van der Waals surface area contributed by atoms with Crippen LogP contribution >= 0.6 is 12.4 Å². The molecule has 1 fully saturated rings. The molecule has 30 heavy (non-hydrogen) atoms. The van der Waals surface area contributed by atoms with Crippen LogP contribution in [0.25, 0.3) is 0 Å². The van der Waals surface area contributed by atoms with Crippen LogP contribution in [0, 0.1) is 5.92 Å². The number of anilines is 1. The molecule has 6 heteroatoms. The highest BCUT2D eigenvalue weighted by atomic mass is 35.5. The topological polar surface area (TPSA) is 52.7 Å². The fourth-order valence-corrected chi connectivity index (χ4v) is 4.49. The van der Waals surface area contributed by atoms with Gasteiger partial charge in [0.15, 0.2) is 0 Å². The first-order valence-corrected chi connectivity index (χ1v) is 10.5. The monoisotopic (exact) mass is 427 g/mol. The van der Waals surface area contributed by atoms with Crippen molar-refractivity contribution in [2.24, 2.45) is 5.92 Å². The van der Waals surface area contributed by atoms with Gasteiger partial charge in [0.25, 0.3) is 5.91 Å². The van der Waals surface area contributed by atoms with Crippen LogP contribution in [0.4, 0.5) is 5.69 Å². The fourth-order valence-electron chi connectivity index (χ4n) is 4.49. The highest BCUT2D eigenvalue weighted by molar-refractivity contribution is 5.98. The summed E-state index contributed by atoms with van der Waals surface area (Å²) >= 11 is 0. The number of hydrogen-bond acceptors (Lipinski definition) is 3. The van der Waals surface area contributed by atoms with Gasteiger partial charge in [-0.2, -0.15) is 0 Å². The molecule has 2 amide bonds. The number of piperidine rings is 1. The van der Waals surface area contributed by atoms with E-state index in [2.05, 4.69) is 22.3 Å². The summed E-state index contributed by atoms with van der Waals surface area (Å²) in [6, 6.07) is 16.0. The Bertz CT molecular complexity index is 894. The van der Waals surface area contributed by atoms with Gasteiger partial charge >= 0.3 is 0 Å². The number of halogens is 1. The molecule has 2 aliphatic rings. The summed E-state index contributed by atoms with van der Waals surface area (Å²) in [6.07, 6.45) is 3.20. The first-order chi connectivity index (χ1) is 14.1. The highest BCUT2D eigenvalue weighted by Crippen LogP contribution is 2.26. The van der Waals surface area contributed by atoms with Crippen molar-refractivity contribution < 1.29 is 9.59 Å². The molecule has 0 saturated carbocycles. The number of hydrogen-bond donors (Lipinski definition) is 1. The summed E-state index contributed by atoms with van der Waals surface area (Å²) in [6.45, 7) is 6.31. The number of nitrogens with one attached hydrogen (secondary N) is 1. The van der Waals surface area contributed by atoms with E-state index in [0.717, 1.165) is 68.8 Å². The second-order valence-corrected chi connectivity index (χ2v) is 8.22. The van der Waals surface area contributed by atoms with Gasteiger partial charge in [0.05, 0.1) is 0 Å². The summed E-state index contributed by atoms with van der Waals surface area (Å²) < 4.78 is 0. The van der Waals surface area contributed by atoms with Crippen molar-refractivity contribution in [1.29, 1.82) is 0 Å². The predicted octanol–water partition coefficient (Wildman–Crippen LogP) is 3.98. The van der Waals surface area contributed by atoms with E-state index in [1.54, 1.807) is 6.92 Å². The number of para-hydroxylation sites is 1. The lowest BCUT2D eigenvalue weighted by Crippen LogP contribution is -2.39. The van der Waals surface area contributed by atoms with E-state index in [0.29, 0.717) is 5.92 Å². The number of fused-ring (bicyclic) bond motifs is 1. The lowest BCUT2D eigenvalue weighted by Gasteiger charge is -2.34. The molecular weight excluding hydrogens is 398 g/mol. The molecule has 0 unspecified atom stereocenters. The molecule has 1 saturated heterocycles. The van der Waals surface area contributed by atoms with Gasteiger partial charge < -0.3 is 15.1 Å². The molecule has 2 aliphatic heterocycles. The maximum atomic E-state index is 12.6. The maximum absolute atomic E-state index is 12.6. The van der Waals surface area contributed by atoms with Gasteiger partial charge in [-0.05, 0) is 61.5 Å². The molecule has 4 rings (SSSR count). The summed E-state index contributed by atoms with van der Waals surface area (Å²) in [7, 11) is 0. The fraction of sp³-hybridized carbons (Fsp3) is 0.417. The first-order valence-electron chi connectivity index (χ1n) is 10.5. The summed E-state index contributed by atoms with van der Waals surface area (Å²) in [4.78, 5) is 28.5. The molecule has 160 valence electrons. The molecule has 0 radical (unpaired) electrons. The Balaban J connectivity index is 0.00000256. The number of likely N-dealkylation sites (tertiary alicyclic amines) is 1. The van der Waals surface area contributed by atoms with Crippen LogP contribution in [0.5, 0.6) is 0 Å². The van der Waals surface area contributed by atoms with Crippen LogP contribution in [-0.4, -0.2) is 47.8 Å². The Kier molecular flexibility index (Phi) is 7.51. The number of benzene rings is 2. The van der Waals surface area contributed by atoms with Crippen molar-refractivity contribution >= 4 is 29.9 Å². The van der Waals surface area contributed by atoms with Gasteiger partial charge in [-0.25, -0.2) is 0 Å². The normalized spacial score (nSPS) is 16.8. The molecule has 2 heterocycles. The summed E-state index contributed by atoms with van der Waals surface area (Å²) in [5.74, 6) is 0.741. The van der Waals surface area contributed by atoms with Crippen LogP contribution in [0.15, 0.2) is 48.5 Å². The number of carbonyl (C=O) groups is 2. The second-order valence-electron chi connectivity index (χ2n) is 8.22. The number of nitrogens with zero attached hydrogens (tertiary/aromatic N) is 2. The minimum Gasteiger partial charge on any atom is -0.334 e. The minimum atomic E-state index is -0.0307. The lowest BCUT2D eigenvalue weighted by atomic mass is 9.95. The van der Waals surface area contributed by atoms with Crippen LogP contribution < -0.4 is 5.32 Å². The third-order valence-corrected chi connectivity index (χ3v) is 6.11. The quantitative estimate of drug-likeness (QED) is 0.758. The standard InChI is InChI=1S/C24H29N3O2.ClH/c1-18(28)25-23-9-5-3-6-20(23)12-15-26-13-10-19(11-14-26)16-27-17-21-7-2-4-8-22(21)24(27)29;/h2-9,19H,10-17H2,1H3,(H,25,28);1H. The van der Waals surface area contributed by atoms with E-state index in [9.17, 15) is 9.59 Å². The zero-order chi connectivity index (χ0) is 20.2. The molecule has 0 spiro atoms. The van der Waals surface area contributed by atoms with E-state index < -0.39 is 0 Å². The second kappa shape index (κ2) is 10.1. The van der Waals surface area contributed by atoms with Crippen LogP contribution in [0.2, 0.25) is 0 Å².